The summed E-state index contributed by atoms with van der Waals surface area (Å²) in [6.07, 6.45) is 3.38. The number of nitrogens with one attached hydrogen (secondary N) is 1. The molecule has 0 fully saturated rings. The molecule has 140 valence electrons. The van der Waals surface area contributed by atoms with Crippen molar-refractivity contribution in [2.75, 3.05) is 0 Å². The predicted octanol–water partition coefficient (Wildman–Crippen LogP) is 4.20. The highest BCUT2D eigenvalue weighted by Gasteiger charge is 2.10. The molecular formula is C21H17ClN4O2. The molecule has 2 aromatic carbocycles. The zero-order chi connectivity index (χ0) is 19.7. The number of H-pyrrole nitrogens is 1. The molecule has 0 aliphatic heterocycles. The first kappa shape index (κ1) is 18.2. The van der Waals surface area contributed by atoms with Crippen molar-refractivity contribution in [1.29, 1.82) is 0 Å². The zero-order valence-electron chi connectivity index (χ0n) is 15.1. The summed E-state index contributed by atoms with van der Waals surface area (Å²) in [5.74, 6) is 1.26. The lowest BCUT2D eigenvalue weighted by molar-refractivity contribution is 0.477. The van der Waals surface area contributed by atoms with E-state index in [4.69, 9.17) is 22.1 Å². The Morgan fingerprint density at radius 3 is 2.79 bits per heavy atom. The summed E-state index contributed by atoms with van der Waals surface area (Å²) >= 11 is 6.16. The van der Waals surface area contributed by atoms with Gasteiger partial charge in [-0.2, -0.15) is 5.10 Å². The normalized spacial score (nSPS) is 11.0. The number of halogens is 1. The highest BCUT2D eigenvalue weighted by Crippen LogP contribution is 2.31. The van der Waals surface area contributed by atoms with Crippen LogP contribution in [0.4, 0.5) is 0 Å². The first-order chi connectivity index (χ1) is 13.6. The van der Waals surface area contributed by atoms with E-state index in [1.165, 1.54) is 0 Å². The maximum Gasteiger partial charge on any atom is 0.272 e. The van der Waals surface area contributed by atoms with Crippen LogP contribution < -0.4 is 16.0 Å². The van der Waals surface area contributed by atoms with Crippen LogP contribution in [0.5, 0.6) is 11.5 Å². The van der Waals surface area contributed by atoms with Crippen LogP contribution in [0, 0.1) is 6.92 Å². The fraction of sp³-hybridized carbons (Fsp3) is 0.0952. The van der Waals surface area contributed by atoms with E-state index in [0.29, 0.717) is 27.6 Å². The number of ether oxygens (including phenoxy) is 1. The maximum absolute atomic E-state index is 12.0. The molecule has 0 atom stereocenters. The van der Waals surface area contributed by atoms with E-state index in [9.17, 15) is 4.79 Å². The molecule has 28 heavy (non-hydrogen) atoms. The molecule has 0 aliphatic rings. The van der Waals surface area contributed by atoms with E-state index < -0.39 is 0 Å². The van der Waals surface area contributed by atoms with E-state index >= 15 is 0 Å². The molecule has 2 aromatic heterocycles. The number of nitrogens with zero attached hydrogens (tertiary/aromatic N) is 2. The Bertz CT molecular complexity index is 1240. The molecular weight excluding hydrogens is 376 g/mol. The minimum Gasteiger partial charge on any atom is -0.455 e. The van der Waals surface area contributed by atoms with Crippen molar-refractivity contribution in [3.8, 4) is 22.6 Å². The highest BCUT2D eigenvalue weighted by molar-refractivity contribution is 6.31. The number of pyridine rings is 1. The van der Waals surface area contributed by atoms with Crippen molar-refractivity contribution in [1.82, 2.24) is 15.2 Å². The van der Waals surface area contributed by atoms with E-state index in [1.54, 1.807) is 18.5 Å². The van der Waals surface area contributed by atoms with Gasteiger partial charge in [-0.3, -0.25) is 9.78 Å². The average Bonchev–Trinajstić information content (AvgIpc) is 2.72. The average molecular weight is 393 g/mol. The second kappa shape index (κ2) is 7.42. The Labute approximate surface area is 166 Å². The van der Waals surface area contributed by atoms with Crippen LogP contribution in [-0.2, 0) is 6.54 Å². The standard InChI is InChI=1S/C21H17ClN4O2/c1-12-18(22)3-2-4-20(12)28-15-7-14(10-24-11-15)13-5-6-16-17(8-13)19(9-23)25-26-21(16)27/h2-8,10-11H,9,23H2,1H3,(H,26,27). The van der Waals surface area contributed by atoms with E-state index in [-0.39, 0.29) is 12.1 Å². The van der Waals surface area contributed by atoms with Gasteiger partial charge in [-0.05, 0) is 42.8 Å². The lowest BCUT2D eigenvalue weighted by Gasteiger charge is -2.11. The lowest BCUT2D eigenvalue weighted by atomic mass is 10.0. The summed E-state index contributed by atoms with van der Waals surface area (Å²) in [7, 11) is 0. The van der Waals surface area contributed by atoms with Gasteiger partial charge in [-0.15, -0.1) is 0 Å². The van der Waals surface area contributed by atoms with Gasteiger partial charge in [0.25, 0.3) is 5.56 Å². The first-order valence-corrected chi connectivity index (χ1v) is 9.04. The minimum absolute atomic E-state index is 0.228. The fourth-order valence-electron chi connectivity index (χ4n) is 3.01. The van der Waals surface area contributed by atoms with Crippen LogP contribution in [0.3, 0.4) is 0 Å². The first-order valence-electron chi connectivity index (χ1n) is 8.66. The molecule has 0 aliphatic carbocycles. The molecule has 0 radical (unpaired) electrons. The van der Waals surface area contributed by atoms with Gasteiger partial charge in [0.15, 0.2) is 0 Å². The van der Waals surface area contributed by atoms with Crippen molar-refractivity contribution in [2.45, 2.75) is 13.5 Å². The third-order valence-electron chi connectivity index (χ3n) is 4.55. The number of benzene rings is 2. The Morgan fingerprint density at radius 2 is 1.96 bits per heavy atom. The summed E-state index contributed by atoms with van der Waals surface area (Å²) in [5, 5.41) is 8.42. The summed E-state index contributed by atoms with van der Waals surface area (Å²) in [5.41, 5.74) is 8.74. The van der Waals surface area contributed by atoms with Gasteiger partial charge in [0, 0.05) is 34.3 Å². The molecule has 0 saturated heterocycles. The van der Waals surface area contributed by atoms with Crippen molar-refractivity contribution < 1.29 is 4.74 Å². The minimum atomic E-state index is -0.245. The van der Waals surface area contributed by atoms with Crippen LogP contribution >= 0.6 is 11.6 Å². The van der Waals surface area contributed by atoms with Crippen molar-refractivity contribution in [3.63, 3.8) is 0 Å². The molecule has 4 aromatic rings. The van der Waals surface area contributed by atoms with Gasteiger partial charge in [0.1, 0.15) is 11.5 Å². The second-order valence-electron chi connectivity index (χ2n) is 6.34. The molecule has 3 N–H and O–H groups in total. The number of aromatic nitrogens is 3. The summed E-state index contributed by atoms with van der Waals surface area (Å²) < 4.78 is 5.97. The number of rotatable bonds is 4. The Hall–Kier alpha value is -3.22. The second-order valence-corrected chi connectivity index (χ2v) is 6.75. The van der Waals surface area contributed by atoms with E-state index in [0.717, 1.165) is 22.1 Å². The molecule has 4 rings (SSSR count). The fourth-order valence-corrected chi connectivity index (χ4v) is 3.18. The Balaban J connectivity index is 1.75. The summed E-state index contributed by atoms with van der Waals surface area (Å²) in [6.45, 7) is 2.13. The predicted molar refractivity (Wildman–Crippen MR) is 110 cm³/mol. The topological polar surface area (TPSA) is 93.9 Å². The van der Waals surface area contributed by atoms with E-state index in [2.05, 4.69) is 15.2 Å². The Morgan fingerprint density at radius 1 is 1.11 bits per heavy atom. The summed E-state index contributed by atoms with van der Waals surface area (Å²) in [6, 6.07) is 12.9. The van der Waals surface area contributed by atoms with Gasteiger partial charge in [-0.25, -0.2) is 5.10 Å². The van der Waals surface area contributed by atoms with Crippen molar-refractivity contribution in [3.05, 3.63) is 81.5 Å². The third kappa shape index (κ3) is 3.35. The van der Waals surface area contributed by atoms with Crippen LogP contribution in [0.1, 0.15) is 11.3 Å². The molecule has 7 heteroatoms. The van der Waals surface area contributed by atoms with Gasteiger partial charge < -0.3 is 10.5 Å². The number of hydrogen-bond acceptors (Lipinski definition) is 5. The van der Waals surface area contributed by atoms with Crippen LogP contribution in [0.15, 0.2) is 59.7 Å². The molecule has 0 spiro atoms. The third-order valence-corrected chi connectivity index (χ3v) is 4.96. The molecule has 0 saturated carbocycles. The Kier molecular flexibility index (Phi) is 4.81. The maximum atomic E-state index is 12.0. The van der Waals surface area contributed by atoms with Crippen LogP contribution in [0.2, 0.25) is 5.02 Å². The van der Waals surface area contributed by atoms with Crippen LogP contribution in [-0.4, -0.2) is 15.2 Å². The number of nitrogens with two attached hydrogens (primary N) is 1. The van der Waals surface area contributed by atoms with Gasteiger partial charge in [0.2, 0.25) is 0 Å². The lowest BCUT2D eigenvalue weighted by Crippen LogP contribution is -2.13. The molecule has 0 unspecified atom stereocenters. The monoisotopic (exact) mass is 392 g/mol. The molecule has 6 nitrogen and oxygen atoms in total. The van der Waals surface area contributed by atoms with Crippen molar-refractivity contribution >= 4 is 22.4 Å². The van der Waals surface area contributed by atoms with Gasteiger partial charge in [0.05, 0.1) is 17.3 Å². The zero-order valence-corrected chi connectivity index (χ0v) is 15.8. The van der Waals surface area contributed by atoms with Crippen molar-refractivity contribution in [2.24, 2.45) is 5.73 Å². The van der Waals surface area contributed by atoms with Crippen LogP contribution in [0.25, 0.3) is 21.9 Å². The van der Waals surface area contributed by atoms with E-state index in [1.807, 2.05) is 43.3 Å². The smallest absolute Gasteiger partial charge is 0.272 e. The molecule has 0 amide bonds. The quantitative estimate of drug-likeness (QED) is 0.542. The number of fused-ring (bicyclic) bond motifs is 1. The number of hydrogen-bond donors (Lipinski definition) is 2. The largest absolute Gasteiger partial charge is 0.455 e. The SMILES string of the molecule is Cc1c(Cl)cccc1Oc1cncc(-c2ccc3c(=O)[nH]nc(CN)c3c2)c1. The van der Waals surface area contributed by atoms with Gasteiger partial charge in [-0.1, -0.05) is 23.7 Å². The number of aromatic amines is 1. The summed E-state index contributed by atoms with van der Waals surface area (Å²) in [4.78, 5) is 16.3. The van der Waals surface area contributed by atoms with Gasteiger partial charge >= 0.3 is 0 Å². The molecule has 0 bridgehead atoms. The highest BCUT2D eigenvalue weighted by atomic mass is 35.5. The molecule has 2 heterocycles.